The third-order valence-corrected chi connectivity index (χ3v) is 13.7. The molecule has 350 valence electrons. The van der Waals surface area contributed by atoms with Crippen LogP contribution in [-0.4, -0.2) is 14.1 Å². The Bertz CT molecular complexity index is 3260. The molecule has 0 aliphatic carbocycles. The zero-order valence-corrected chi connectivity index (χ0v) is 44.2. The molecule has 0 fully saturated rings. The van der Waals surface area contributed by atoms with Crippen LogP contribution in [0.2, 0.25) is 0 Å². The number of nitrogens with zero attached hydrogens (tertiary/aromatic N) is 4. The molecule has 0 aliphatic rings. The van der Waals surface area contributed by atoms with Gasteiger partial charge >= 0.3 is 0 Å². The van der Waals surface area contributed by atoms with Crippen LogP contribution < -0.4 is 9.30 Å². The van der Waals surface area contributed by atoms with Crippen molar-refractivity contribution in [1.29, 1.82) is 0 Å². The Morgan fingerprint density at radius 3 is 1.75 bits per heavy atom. The molecule has 3 aromatic heterocycles. The van der Waals surface area contributed by atoms with Gasteiger partial charge in [0.25, 0.3) is 6.33 Å². The molecule has 0 atom stereocenters. The van der Waals surface area contributed by atoms with Crippen LogP contribution in [0.15, 0.2) is 152 Å². The summed E-state index contributed by atoms with van der Waals surface area (Å²) in [6.07, 6.45) is 7.86. The first kappa shape index (κ1) is 48.4. The Kier molecular flexibility index (Phi) is 12.7. The Morgan fingerprint density at radius 1 is 0.500 bits per heavy atom. The van der Waals surface area contributed by atoms with Gasteiger partial charge in [0, 0.05) is 55.9 Å². The van der Waals surface area contributed by atoms with Gasteiger partial charge in [0.1, 0.15) is 5.82 Å². The SMILES string of the molecule is CC(C)(C)c1cccc(-[n+]2[c-]n(-c3[c-]c(Oc4[c-]c5c(cc4)c4cc(C(C)(C)c6ccccc6)ccc4n5-c4cc(C(C)(C)C)ccn4)cc(C(C)(C)c4ccccc4)c3)cc2C(C)(C)C)c1.[Pt]. The molecule has 0 amide bonds. The smallest absolute Gasteiger partial charge is 0.267 e. The first-order chi connectivity index (χ1) is 31.6. The maximum Gasteiger partial charge on any atom is 0.267 e. The van der Waals surface area contributed by atoms with E-state index in [1.165, 1.54) is 27.8 Å². The molecule has 9 rings (SSSR count). The maximum atomic E-state index is 6.98. The summed E-state index contributed by atoms with van der Waals surface area (Å²) in [5, 5.41) is 2.22. The van der Waals surface area contributed by atoms with Crippen molar-refractivity contribution in [2.24, 2.45) is 0 Å². The monoisotopic (exact) mass is 1080 g/mol. The van der Waals surface area contributed by atoms with Crippen LogP contribution in [0.1, 0.15) is 129 Å². The number of ether oxygens (including phenoxy) is 1. The number of hydrogen-bond donors (Lipinski definition) is 0. The molecule has 0 aliphatic heterocycles. The Morgan fingerprint density at radius 2 is 1.12 bits per heavy atom. The van der Waals surface area contributed by atoms with E-state index in [0.717, 1.165) is 50.3 Å². The maximum absolute atomic E-state index is 6.98. The van der Waals surface area contributed by atoms with Crippen LogP contribution in [0.3, 0.4) is 0 Å². The molecule has 5 nitrogen and oxygen atoms in total. The van der Waals surface area contributed by atoms with Crippen molar-refractivity contribution in [2.75, 3.05) is 0 Å². The fourth-order valence-corrected chi connectivity index (χ4v) is 9.18. The molecule has 68 heavy (non-hydrogen) atoms. The van der Waals surface area contributed by atoms with Crippen LogP contribution in [0.25, 0.3) is 39.0 Å². The van der Waals surface area contributed by atoms with Crippen LogP contribution >= 0.6 is 0 Å². The van der Waals surface area contributed by atoms with Crippen LogP contribution in [-0.2, 0) is 48.1 Å². The summed E-state index contributed by atoms with van der Waals surface area (Å²) in [5.41, 5.74) is 11.5. The van der Waals surface area contributed by atoms with Crippen LogP contribution in [0, 0.1) is 18.5 Å². The van der Waals surface area contributed by atoms with E-state index in [9.17, 15) is 0 Å². The van der Waals surface area contributed by atoms with Gasteiger partial charge in [-0.3, -0.25) is 4.57 Å². The summed E-state index contributed by atoms with van der Waals surface area (Å²) in [4.78, 5) is 4.99. The summed E-state index contributed by atoms with van der Waals surface area (Å²) < 4.78 is 13.5. The summed E-state index contributed by atoms with van der Waals surface area (Å²) in [5.74, 6) is 2.02. The number of benzene rings is 6. The molecule has 0 unspecified atom stereocenters. The predicted octanol–water partition coefficient (Wildman–Crippen LogP) is 15.0. The van der Waals surface area contributed by atoms with Crippen LogP contribution in [0.5, 0.6) is 11.5 Å². The van der Waals surface area contributed by atoms with Gasteiger partial charge in [-0.05, 0) is 90.9 Å². The molecule has 0 spiro atoms. The van der Waals surface area contributed by atoms with Crippen molar-refractivity contribution in [1.82, 2.24) is 14.1 Å². The van der Waals surface area contributed by atoms with Crippen molar-refractivity contribution >= 4 is 21.8 Å². The third kappa shape index (κ3) is 9.27. The third-order valence-electron chi connectivity index (χ3n) is 13.7. The molecule has 9 aromatic rings. The van der Waals surface area contributed by atoms with Crippen molar-refractivity contribution in [2.45, 2.75) is 117 Å². The summed E-state index contributed by atoms with van der Waals surface area (Å²) in [7, 11) is 0. The van der Waals surface area contributed by atoms with Gasteiger partial charge in [-0.25, -0.2) is 4.98 Å². The fourth-order valence-electron chi connectivity index (χ4n) is 9.18. The minimum absolute atomic E-state index is 0. The number of rotatable bonds is 9. The van der Waals surface area contributed by atoms with E-state index in [4.69, 9.17) is 9.72 Å². The number of imidazole rings is 1. The van der Waals surface area contributed by atoms with Crippen molar-refractivity contribution in [3.63, 3.8) is 0 Å². The molecule has 0 N–H and O–H groups in total. The second-order valence-corrected chi connectivity index (χ2v) is 22.4. The molecule has 0 radical (unpaired) electrons. The van der Waals surface area contributed by atoms with Gasteiger partial charge in [-0.15, -0.1) is 35.2 Å². The minimum Gasteiger partial charge on any atom is -0.510 e. The molecule has 6 heteroatoms. The summed E-state index contributed by atoms with van der Waals surface area (Å²) in [6.45, 7) is 29.4. The average molecular weight is 1080 g/mol. The largest absolute Gasteiger partial charge is 0.510 e. The Balaban J connectivity index is 0.00000625. The van der Waals surface area contributed by atoms with Crippen molar-refractivity contribution in [3.05, 3.63) is 209 Å². The number of pyridine rings is 1. The molecule has 3 heterocycles. The normalized spacial score (nSPS) is 12.7. The predicted molar refractivity (Wildman–Crippen MR) is 276 cm³/mol. The Labute approximate surface area is 419 Å². The Hall–Kier alpha value is -6.03. The van der Waals surface area contributed by atoms with E-state index in [0.29, 0.717) is 11.5 Å². The number of aromatic nitrogens is 4. The zero-order chi connectivity index (χ0) is 47.7. The standard InChI is InChI=1S/C62H64N4O.Pt/c1-58(2,3)44-25-20-26-48(33-44)65-41-64(40-56(65)60(7,8)9)49-34-47(62(12,13)43-23-18-15-19-24-43)35-51(38-49)67-50-28-29-52-53-36-46(61(10,11)42-21-16-14-17-22-42)27-30-54(53)66(55(52)39-50)57-37-45(31-32-63-57)59(4,5)6;/h14-37,40H,1-13H3;/q-2;. The van der Waals surface area contributed by atoms with E-state index >= 15 is 0 Å². The van der Waals surface area contributed by atoms with E-state index < -0.39 is 0 Å². The van der Waals surface area contributed by atoms with Crippen LogP contribution in [0.4, 0.5) is 0 Å². The van der Waals surface area contributed by atoms with Gasteiger partial charge in [0.15, 0.2) is 0 Å². The van der Waals surface area contributed by atoms with Gasteiger partial charge in [-0.1, -0.05) is 180 Å². The quantitative estimate of drug-likeness (QED) is 0.107. The molecule has 0 bridgehead atoms. The van der Waals surface area contributed by atoms with Gasteiger partial charge in [0.05, 0.1) is 11.4 Å². The van der Waals surface area contributed by atoms with Gasteiger partial charge < -0.3 is 13.9 Å². The molecule has 0 saturated heterocycles. The zero-order valence-electron chi connectivity index (χ0n) is 41.9. The van der Waals surface area contributed by atoms with Gasteiger partial charge in [-0.2, -0.15) is 12.1 Å². The van der Waals surface area contributed by atoms with E-state index in [1.54, 1.807) is 0 Å². The molecule has 6 aromatic carbocycles. The molecular formula is C62H64N4OPt-2. The average Bonchev–Trinajstić information content (AvgIpc) is 3.90. The van der Waals surface area contributed by atoms with Crippen molar-refractivity contribution in [3.8, 4) is 28.7 Å². The second-order valence-electron chi connectivity index (χ2n) is 22.4. The summed E-state index contributed by atoms with van der Waals surface area (Å²) in [6, 6.07) is 57.5. The van der Waals surface area contributed by atoms with Gasteiger partial charge in [0.2, 0.25) is 0 Å². The topological polar surface area (TPSA) is 35.9 Å². The second kappa shape index (κ2) is 17.8. The van der Waals surface area contributed by atoms with E-state index in [2.05, 4.69) is 262 Å². The first-order valence-electron chi connectivity index (χ1n) is 23.6. The fraction of sp³-hybridized carbons (Fsp3) is 0.290. The number of hydrogen-bond acceptors (Lipinski definition) is 2. The van der Waals surface area contributed by atoms with E-state index in [-0.39, 0.29) is 48.1 Å². The van der Waals surface area contributed by atoms with Crippen molar-refractivity contribution < 1.29 is 30.4 Å². The number of fused-ring (bicyclic) bond motifs is 3. The molecule has 0 saturated carbocycles. The minimum atomic E-state index is -0.366. The first-order valence-corrected chi connectivity index (χ1v) is 23.6. The summed E-state index contributed by atoms with van der Waals surface area (Å²) >= 11 is 0. The van der Waals surface area contributed by atoms with E-state index in [1.807, 2.05) is 12.3 Å². The molecular weight excluding hydrogens is 1010 g/mol.